The van der Waals surface area contributed by atoms with Crippen LogP contribution >= 0.6 is 11.6 Å². The predicted molar refractivity (Wildman–Crippen MR) is 44.7 cm³/mol. The van der Waals surface area contributed by atoms with Gasteiger partial charge in [-0.1, -0.05) is 21.2 Å². The van der Waals surface area contributed by atoms with Crippen molar-refractivity contribution < 1.29 is 4.92 Å². The SMILES string of the molecule is O=[N+]([O-])c1cnc2c(Cl)ccnn12. The Kier molecular flexibility index (Phi) is 1.63. The first-order valence-corrected chi connectivity index (χ1v) is 3.70. The summed E-state index contributed by atoms with van der Waals surface area (Å²) in [5.41, 5.74) is 0.288. The number of aromatic nitrogens is 3. The van der Waals surface area contributed by atoms with Crippen LogP contribution in [0.15, 0.2) is 18.5 Å². The Bertz CT molecular complexity index is 480. The number of halogens is 1. The molecule has 0 N–H and O–H groups in total. The van der Waals surface area contributed by atoms with E-state index in [1.807, 2.05) is 0 Å². The third-order valence-corrected chi connectivity index (χ3v) is 1.82. The van der Waals surface area contributed by atoms with Crippen LogP contribution in [0, 0.1) is 10.1 Å². The number of nitro groups is 1. The molecule has 0 bridgehead atoms. The van der Waals surface area contributed by atoms with Crippen molar-refractivity contribution in [3.63, 3.8) is 0 Å². The molecular formula is C6H3ClN4O2. The van der Waals surface area contributed by atoms with E-state index in [9.17, 15) is 10.1 Å². The van der Waals surface area contributed by atoms with E-state index in [1.165, 1.54) is 12.3 Å². The normalized spacial score (nSPS) is 10.5. The fraction of sp³-hybridized carbons (Fsp3) is 0. The Morgan fingerprint density at radius 1 is 1.62 bits per heavy atom. The van der Waals surface area contributed by atoms with Gasteiger partial charge in [-0.05, 0) is 11.0 Å². The summed E-state index contributed by atoms with van der Waals surface area (Å²) in [7, 11) is 0. The number of hydrogen-bond acceptors (Lipinski definition) is 4. The van der Waals surface area contributed by atoms with Gasteiger partial charge in [0.15, 0.2) is 0 Å². The van der Waals surface area contributed by atoms with Gasteiger partial charge in [0.25, 0.3) is 5.65 Å². The molecule has 66 valence electrons. The van der Waals surface area contributed by atoms with Crippen molar-refractivity contribution in [2.45, 2.75) is 0 Å². The van der Waals surface area contributed by atoms with Gasteiger partial charge in [-0.2, -0.15) is 0 Å². The smallest absolute Gasteiger partial charge is 0.358 e. The highest BCUT2D eigenvalue weighted by Gasteiger charge is 2.16. The highest BCUT2D eigenvalue weighted by Crippen LogP contribution is 2.18. The second kappa shape index (κ2) is 2.67. The van der Waals surface area contributed by atoms with Crippen molar-refractivity contribution in [3.05, 3.63) is 33.6 Å². The summed E-state index contributed by atoms with van der Waals surface area (Å²) in [5.74, 6) is -0.197. The van der Waals surface area contributed by atoms with E-state index in [4.69, 9.17) is 11.6 Å². The quantitative estimate of drug-likeness (QED) is 0.511. The molecule has 2 heterocycles. The van der Waals surface area contributed by atoms with E-state index in [0.29, 0.717) is 5.02 Å². The van der Waals surface area contributed by atoms with Crippen LogP contribution in [0.5, 0.6) is 0 Å². The van der Waals surface area contributed by atoms with Crippen molar-refractivity contribution in [1.29, 1.82) is 0 Å². The molecule has 0 atom stereocenters. The number of imidazole rings is 1. The monoisotopic (exact) mass is 198 g/mol. The highest BCUT2D eigenvalue weighted by molar-refractivity contribution is 6.33. The second-order valence-corrected chi connectivity index (χ2v) is 2.70. The van der Waals surface area contributed by atoms with Gasteiger partial charge in [0.1, 0.15) is 11.2 Å². The number of nitrogens with zero attached hydrogens (tertiary/aromatic N) is 4. The Balaban J connectivity index is 2.83. The van der Waals surface area contributed by atoms with Crippen LogP contribution in [0.3, 0.4) is 0 Å². The Morgan fingerprint density at radius 3 is 3.08 bits per heavy atom. The molecule has 2 aromatic heterocycles. The molecule has 0 spiro atoms. The minimum Gasteiger partial charge on any atom is -0.358 e. The van der Waals surface area contributed by atoms with Gasteiger partial charge < -0.3 is 10.1 Å². The second-order valence-electron chi connectivity index (χ2n) is 2.29. The molecule has 0 fully saturated rings. The Hall–Kier alpha value is -1.69. The van der Waals surface area contributed by atoms with Gasteiger partial charge >= 0.3 is 5.82 Å². The molecule has 13 heavy (non-hydrogen) atoms. The third-order valence-electron chi connectivity index (χ3n) is 1.52. The molecule has 0 radical (unpaired) electrons. The summed E-state index contributed by atoms with van der Waals surface area (Å²) < 4.78 is 1.09. The zero-order chi connectivity index (χ0) is 9.42. The third kappa shape index (κ3) is 1.11. The first-order valence-electron chi connectivity index (χ1n) is 3.33. The summed E-state index contributed by atoms with van der Waals surface area (Å²) in [4.78, 5) is 13.6. The first kappa shape index (κ1) is 7.93. The molecule has 0 aromatic carbocycles. The molecule has 6 nitrogen and oxygen atoms in total. The average molecular weight is 199 g/mol. The maximum Gasteiger partial charge on any atom is 0.368 e. The zero-order valence-corrected chi connectivity index (χ0v) is 6.97. The molecule has 2 rings (SSSR count). The molecule has 0 aliphatic carbocycles. The van der Waals surface area contributed by atoms with Crippen LogP contribution in [-0.4, -0.2) is 19.5 Å². The zero-order valence-electron chi connectivity index (χ0n) is 6.22. The molecule has 2 aromatic rings. The van der Waals surface area contributed by atoms with Crippen molar-refractivity contribution in [2.24, 2.45) is 0 Å². The van der Waals surface area contributed by atoms with E-state index in [0.717, 1.165) is 10.7 Å². The van der Waals surface area contributed by atoms with Gasteiger partial charge in [-0.15, -0.1) is 0 Å². The van der Waals surface area contributed by atoms with Crippen LogP contribution in [0.25, 0.3) is 5.65 Å². The summed E-state index contributed by atoms with van der Waals surface area (Å²) in [6, 6.07) is 1.52. The molecule has 0 aliphatic rings. The fourth-order valence-corrected chi connectivity index (χ4v) is 1.16. The number of hydrogen-bond donors (Lipinski definition) is 0. The van der Waals surface area contributed by atoms with Crippen LogP contribution in [0.1, 0.15) is 0 Å². The topological polar surface area (TPSA) is 73.3 Å². The molecule has 0 saturated heterocycles. The summed E-state index contributed by atoms with van der Waals surface area (Å²) in [5, 5.41) is 14.5. The van der Waals surface area contributed by atoms with Crippen molar-refractivity contribution in [2.75, 3.05) is 0 Å². The van der Waals surface area contributed by atoms with E-state index in [-0.39, 0.29) is 11.5 Å². The molecular weight excluding hydrogens is 196 g/mol. The van der Waals surface area contributed by atoms with Gasteiger partial charge in [0.2, 0.25) is 0 Å². The van der Waals surface area contributed by atoms with Gasteiger partial charge in [0, 0.05) is 0 Å². The van der Waals surface area contributed by atoms with Crippen LogP contribution < -0.4 is 0 Å². The first-order chi connectivity index (χ1) is 6.20. The summed E-state index contributed by atoms with van der Waals surface area (Å²) in [6.07, 6.45) is 2.50. The standard InChI is InChI=1S/C6H3ClN4O2/c7-4-1-2-9-10-5(11(12)13)3-8-6(4)10/h1-3H. The Labute approximate surface area is 76.9 Å². The molecule has 0 amide bonds. The average Bonchev–Trinajstić information content (AvgIpc) is 2.48. The van der Waals surface area contributed by atoms with Crippen LogP contribution in [-0.2, 0) is 0 Å². The van der Waals surface area contributed by atoms with Gasteiger partial charge in [-0.25, -0.2) is 4.98 Å². The van der Waals surface area contributed by atoms with Gasteiger partial charge in [-0.3, -0.25) is 0 Å². The van der Waals surface area contributed by atoms with Crippen molar-refractivity contribution in [3.8, 4) is 0 Å². The molecule has 0 saturated carbocycles. The molecule has 0 unspecified atom stereocenters. The van der Waals surface area contributed by atoms with Gasteiger partial charge in [0.05, 0.1) is 6.20 Å². The summed E-state index contributed by atoms with van der Waals surface area (Å²) >= 11 is 5.73. The fourth-order valence-electron chi connectivity index (χ4n) is 0.978. The van der Waals surface area contributed by atoms with E-state index >= 15 is 0 Å². The summed E-state index contributed by atoms with van der Waals surface area (Å²) in [6.45, 7) is 0. The predicted octanol–water partition coefficient (Wildman–Crippen LogP) is 1.29. The maximum atomic E-state index is 10.4. The minimum absolute atomic E-state index is 0.197. The van der Waals surface area contributed by atoms with Crippen LogP contribution in [0.2, 0.25) is 5.02 Å². The lowest BCUT2D eigenvalue weighted by Gasteiger charge is -1.90. The molecule has 7 heteroatoms. The van der Waals surface area contributed by atoms with Crippen molar-refractivity contribution in [1.82, 2.24) is 14.6 Å². The van der Waals surface area contributed by atoms with Crippen LogP contribution in [0.4, 0.5) is 5.82 Å². The molecule has 0 aliphatic heterocycles. The number of rotatable bonds is 1. The lowest BCUT2D eigenvalue weighted by Crippen LogP contribution is -1.97. The maximum absolute atomic E-state index is 10.4. The van der Waals surface area contributed by atoms with Crippen molar-refractivity contribution >= 4 is 23.1 Å². The van der Waals surface area contributed by atoms with E-state index in [2.05, 4.69) is 10.1 Å². The minimum atomic E-state index is -0.566. The van der Waals surface area contributed by atoms with E-state index in [1.54, 1.807) is 0 Å². The highest BCUT2D eigenvalue weighted by atomic mass is 35.5. The lowest BCUT2D eigenvalue weighted by atomic mass is 10.5. The number of fused-ring (bicyclic) bond motifs is 1. The lowest BCUT2D eigenvalue weighted by molar-refractivity contribution is -0.391. The van der Waals surface area contributed by atoms with E-state index < -0.39 is 4.92 Å². The largest absolute Gasteiger partial charge is 0.368 e. The Morgan fingerprint density at radius 2 is 2.38 bits per heavy atom.